The van der Waals surface area contributed by atoms with Gasteiger partial charge in [-0.3, -0.25) is 0 Å². The molecule has 34 heavy (non-hydrogen) atoms. The quantitative estimate of drug-likeness (QED) is 0.405. The second kappa shape index (κ2) is 8.89. The first-order valence-electron chi connectivity index (χ1n) is 10.2. The van der Waals surface area contributed by atoms with Crippen molar-refractivity contribution in [2.45, 2.75) is 26.5 Å². The van der Waals surface area contributed by atoms with E-state index in [1.54, 1.807) is 43.3 Å². The van der Waals surface area contributed by atoms with Gasteiger partial charge in [0.1, 0.15) is 0 Å². The maximum Gasteiger partial charge on any atom is 0.335 e. The lowest BCUT2D eigenvalue weighted by Crippen LogP contribution is -2.10. The van der Waals surface area contributed by atoms with E-state index < -0.39 is 25.6 Å². The molecule has 8 heteroatoms. The number of carbonyl (C=O) groups is 1. The molecule has 4 aromatic carbocycles. The van der Waals surface area contributed by atoms with Gasteiger partial charge in [0.05, 0.1) is 25.1 Å². The molecule has 0 atom stereocenters. The first kappa shape index (κ1) is 23.4. The summed E-state index contributed by atoms with van der Waals surface area (Å²) in [6.07, 6.45) is 0. The summed E-state index contributed by atoms with van der Waals surface area (Å²) in [5.41, 5.74) is 1.15. The molecule has 0 heterocycles. The third kappa shape index (κ3) is 4.25. The molecule has 0 radical (unpaired) electrons. The zero-order chi connectivity index (χ0) is 24.5. The van der Waals surface area contributed by atoms with Crippen LogP contribution < -0.4 is 0 Å². The van der Waals surface area contributed by atoms with Gasteiger partial charge in [-0.25, -0.2) is 21.6 Å². The number of aryl methyl sites for hydroxylation is 1. The van der Waals surface area contributed by atoms with Crippen LogP contribution >= 0.6 is 0 Å². The molecule has 6 nitrogen and oxygen atoms in total. The molecule has 172 valence electrons. The fraction of sp³-hybridized carbons (Fsp3) is 0.0385. The van der Waals surface area contributed by atoms with Gasteiger partial charge in [0.15, 0.2) is 0 Å². The topological polar surface area (TPSA) is 106 Å². The fourth-order valence-corrected chi connectivity index (χ4v) is 6.76. The summed E-state index contributed by atoms with van der Waals surface area (Å²) in [6, 6.07) is 24.0. The van der Waals surface area contributed by atoms with E-state index in [4.69, 9.17) is 0 Å². The maximum absolute atomic E-state index is 13.6. The average Bonchev–Trinajstić information content (AvgIpc) is 2.84. The predicted octanol–water partition coefficient (Wildman–Crippen LogP) is 5.03. The van der Waals surface area contributed by atoms with Crippen molar-refractivity contribution in [3.63, 3.8) is 0 Å². The highest BCUT2D eigenvalue weighted by molar-refractivity contribution is 7.92. The van der Waals surface area contributed by atoms with E-state index >= 15 is 0 Å². The lowest BCUT2D eigenvalue weighted by molar-refractivity contribution is 0.0697. The number of hydrogen-bond donors (Lipinski definition) is 1. The van der Waals surface area contributed by atoms with Crippen molar-refractivity contribution in [1.82, 2.24) is 0 Å². The molecule has 0 aliphatic rings. The Balaban J connectivity index is 2.01. The molecule has 4 rings (SSSR count). The van der Waals surface area contributed by atoms with Gasteiger partial charge in [-0.15, -0.1) is 0 Å². The highest BCUT2D eigenvalue weighted by Gasteiger charge is 2.28. The van der Waals surface area contributed by atoms with Crippen LogP contribution in [0.1, 0.15) is 15.9 Å². The number of sulfone groups is 2. The van der Waals surface area contributed by atoms with Gasteiger partial charge >= 0.3 is 5.97 Å². The Hall–Kier alpha value is -3.75. The molecule has 0 aliphatic heterocycles. The van der Waals surface area contributed by atoms with Crippen molar-refractivity contribution >= 4 is 25.6 Å². The molecule has 0 amide bonds. The minimum atomic E-state index is -4.11. The van der Waals surface area contributed by atoms with E-state index in [0.717, 1.165) is 0 Å². The van der Waals surface area contributed by atoms with Crippen LogP contribution in [0.25, 0.3) is 11.1 Å². The summed E-state index contributed by atoms with van der Waals surface area (Å²) in [7, 11) is -8.10. The van der Waals surface area contributed by atoms with Gasteiger partial charge in [0.2, 0.25) is 19.7 Å². The van der Waals surface area contributed by atoms with Crippen molar-refractivity contribution in [3.05, 3.63) is 108 Å². The third-order valence-electron chi connectivity index (χ3n) is 5.41. The molecule has 0 fully saturated rings. The number of rotatable bonds is 6. The van der Waals surface area contributed by atoms with E-state index in [1.165, 1.54) is 60.7 Å². The smallest absolute Gasteiger partial charge is 0.335 e. The van der Waals surface area contributed by atoms with Crippen LogP contribution in [-0.4, -0.2) is 27.9 Å². The van der Waals surface area contributed by atoms with Gasteiger partial charge in [0, 0.05) is 5.56 Å². The SMILES string of the molecule is Cc1cc(-c2ccc(C(=O)O)cc2)c(S(=O)(=O)c2ccccc2)cc1S(=O)(=O)c1ccccc1. The van der Waals surface area contributed by atoms with Crippen molar-refractivity contribution in [2.24, 2.45) is 0 Å². The first-order valence-corrected chi connectivity index (χ1v) is 13.2. The summed E-state index contributed by atoms with van der Waals surface area (Å²) in [5.74, 6) is -1.11. The molecule has 1 N–H and O–H groups in total. The number of carboxylic acid groups (broad SMARTS) is 1. The average molecular weight is 493 g/mol. The molecule has 0 spiro atoms. The fourth-order valence-electron chi connectivity index (χ4n) is 3.65. The minimum Gasteiger partial charge on any atom is -0.478 e. The number of hydrogen-bond acceptors (Lipinski definition) is 5. The van der Waals surface area contributed by atoms with Gasteiger partial charge < -0.3 is 5.11 Å². The summed E-state index contributed by atoms with van der Waals surface area (Å²) in [6.45, 7) is 1.60. The molecule has 0 saturated carbocycles. The van der Waals surface area contributed by atoms with Crippen LogP contribution in [0.2, 0.25) is 0 Å². The lowest BCUT2D eigenvalue weighted by Gasteiger charge is -2.16. The Bertz CT molecular complexity index is 1570. The molecule has 0 unspecified atom stereocenters. The predicted molar refractivity (Wildman–Crippen MR) is 127 cm³/mol. The van der Waals surface area contributed by atoms with Crippen molar-refractivity contribution in [3.8, 4) is 11.1 Å². The van der Waals surface area contributed by atoms with Crippen molar-refractivity contribution < 1.29 is 26.7 Å². The largest absolute Gasteiger partial charge is 0.478 e. The minimum absolute atomic E-state index is 0.0188. The highest BCUT2D eigenvalue weighted by Crippen LogP contribution is 2.37. The van der Waals surface area contributed by atoms with Crippen LogP contribution in [0.4, 0.5) is 0 Å². The molecule has 0 bridgehead atoms. The van der Waals surface area contributed by atoms with E-state index in [0.29, 0.717) is 11.1 Å². The standard InChI is InChI=1S/C26H20O6S2/c1-18-16-23(19-12-14-20(15-13-19)26(27)28)25(34(31,32)22-10-6-3-7-11-22)17-24(18)33(29,30)21-8-4-2-5-9-21/h2-17H,1H3,(H,27,28). The van der Waals surface area contributed by atoms with Gasteiger partial charge in [-0.05, 0) is 66.6 Å². The van der Waals surface area contributed by atoms with Crippen LogP contribution in [0.5, 0.6) is 0 Å². The molecule has 4 aromatic rings. The van der Waals surface area contributed by atoms with Crippen molar-refractivity contribution in [2.75, 3.05) is 0 Å². The molecule has 0 aromatic heterocycles. The third-order valence-corrected chi connectivity index (χ3v) is 9.13. The molecular weight excluding hydrogens is 472 g/mol. The molecular formula is C26H20O6S2. The van der Waals surface area contributed by atoms with E-state index in [2.05, 4.69) is 0 Å². The van der Waals surface area contributed by atoms with Crippen LogP contribution in [0, 0.1) is 6.92 Å². The number of benzene rings is 4. The summed E-state index contributed by atoms with van der Waals surface area (Å²) in [5, 5.41) is 9.19. The monoisotopic (exact) mass is 492 g/mol. The Morgan fingerprint density at radius 3 is 1.59 bits per heavy atom. The Kier molecular flexibility index (Phi) is 6.12. The van der Waals surface area contributed by atoms with Crippen LogP contribution in [-0.2, 0) is 19.7 Å². The second-order valence-corrected chi connectivity index (χ2v) is 11.5. The van der Waals surface area contributed by atoms with E-state index in [1.807, 2.05) is 0 Å². The highest BCUT2D eigenvalue weighted by atomic mass is 32.2. The zero-order valence-electron chi connectivity index (χ0n) is 18.0. The zero-order valence-corrected chi connectivity index (χ0v) is 19.7. The summed E-state index contributed by atoms with van der Waals surface area (Å²) < 4.78 is 54.0. The Morgan fingerprint density at radius 2 is 1.12 bits per heavy atom. The molecule has 0 saturated heterocycles. The van der Waals surface area contributed by atoms with E-state index in [-0.39, 0.29) is 30.7 Å². The summed E-state index contributed by atoms with van der Waals surface area (Å²) >= 11 is 0. The molecule has 0 aliphatic carbocycles. The maximum atomic E-state index is 13.6. The van der Waals surface area contributed by atoms with Gasteiger partial charge in [-0.2, -0.15) is 0 Å². The van der Waals surface area contributed by atoms with Gasteiger partial charge in [-0.1, -0.05) is 48.5 Å². The first-order chi connectivity index (χ1) is 16.1. The van der Waals surface area contributed by atoms with E-state index in [9.17, 15) is 26.7 Å². The van der Waals surface area contributed by atoms with Crippen LogP contribution in [0.15, 0.2) is 117 Å². The Morgan fingerprint density at radius 1 is 0.647 bits per heavy atom. The number of aromatic carboxylic acids is 1. The van der Waals surface area contributed by atoms with Gasteiger partial charge in [0.25, 0.3) is 0 Å². The number of carboxylic acids is 1. The van der Waals surface area contributed by atoms with Crippen LogP contribution in [0.3, 0.4) is 0 Å². The summed E-state index contributed by atoms with van der Waals surface area (Å²) in [4.78, 5) is 11.0. The second-order valence-electron chi connectivity index (χ2n) is 7.63. The lowest BCUT2D eigenvalue weighted by atomic mass is 10.0. The van der Waals surface area contributed by atoms with Crippen molar-refractivity contribution in [1.29, 1.82) is 0 Å². The Labute approximate surface area is 198 Å². The normalized spacial score (nSPS) is 11.8.